The van der Waals surface area contributed by atoms with E-state index >= 15 is 0 Å². The Morgan fingerprint density at radius 1 is 0.972 bits per heavy atom. The molecule has 7 heteroatoms. The number of hydrogen-bond donors (Lipinski definition) is 2. The van der Waals surface area contributed by atoms with Crippen LogP contribution in [0.2, 0.25) is 0 Å². The second-order valence-corrected chi connectivity index (χ2v) is 8.61. The van der Waals surface area contributed by atoms with Crippen LogP contribution in [0.15, 0.2) is 77.4 Å². The summed E-state index contributed by atoms with van der Waals surface area (Å²) in [6, 6.07) is 22.1. The molecule has 3 aromatic heterocycles. The molecule has 5 aromatic rings. The standard InChI is InChI=1S/C29H27N5O2/c1-18-23(19(2)36-34-18)13-15-32-29(35)28-25-17-24(20-7-5-4-6-8-20)27(33-26(25)14-16-31-28)21-9-11-22(30-3)12-10-21/h4-12,14,16-17,30H,13,15H2,1-3H3,(H,32,35). The number of aromatic nitrogens is 3. The number of benzene rings is 2. The van der Waals surface area contributed by atoms with Gasteiger partial charge in [0.05, 0.1) is 16.9 Å². The highest BCUT2D eigenvalue weighted by Gasteiger charge is 2.18. The molecule has 0 bridgehead atoms. The molecule has 1 amide bonds. The van der Waals surface area contributed by atoms with Crippen molar-refractivity contribution in [3.05, 3.63) is 95.6 Å². The van der Waals surface area contributed by atoms with Gasteiger partial charge in [-0.25, -0.2) is 4.98 Å². The molecule has 36 heavy (non-hydrogen) atoms. The maximum atomic E-state index is 13.2. The van der Waals surface area contributed by atoms with Crippen LogP contribution in [0.3, 0.4) is 0 Å². The first kappa shape index (κ1) is 23.2. The molecule has 0 aliphatic heterocycles. The Labute approximate surface area is 209 Å². The number of amides is 1. The van der Waals surface area contributed by atoms with E-state index in [4.69, 9.17) is 9.51 Å². The molecular formula is C29H27N5O2. The van der Waals surface area contributed by atoms with Gasteiger partial charge in [0.1, 0.15) is 11.5 Å². The molecule has 180 valence electrons. The molecule has 2 N–H and O–H groups in total. The van der Waals surface area contributed by atoms with Crippen LogP contribution in [-0.4, -0.2) is 34.6 Å². The highest BCUT2D eigenvalue weighted by atomic mass is 16.5. The van der Waals surface area contributed by atoms with E-state index in [0.29, 0.717) is 29.6 Å². The Morgan fingerprint density at radius 3 is 2.44 bits per heavy atom. The predicted octanol–water partition coefficient (Wildman–Crippen LogP) is 5.58. The number of fused-ring (bicyclic) bond motifs is 1. The minimum Gasteiger partial charge on any atom is -0.388 e. The Bertz CT molecular complexity index is 1510. The second kappa shape index (κ2) is 10.00. The Hall–Kier alpha value is -4.52. The number of pyridine rings is 2. The summed E-state index contributed by atoms with van der Waals surface area (Å²) in [7, 11) is 1.90. The van der Waals surface area contributed by atoms with Crippen molar-refractivity contribution in [2.45, 2.75) is 20.3 Å². The van der Waals surface area contributed by atoms with E-state index in [2.05, 4.69) is 32.9 Å². The topological polar surface area (TPSA) is 92.9 Å². The molecule has 7 nitrogen and oxygen atoms in total. The zero-order chi connectivity index (χ0) is 25.1. The quantitative estimate of drug-likeness (QED) is 0.318. The average molecular weight is 478 g/mol. The summed E-state index contributed by atoms with van der Waals surface area (Å²) in [5, 5.41) is 10.8. The number of anilines is 1. The third-order valence-electron chi connectivity index (χ3n) is 6.33. The largest absolute Gasteiger partial charge is 0.388 e. The summed E-state index contributed by atoms with van der Waals surface area (Å²) in [4.78, 5) is 22.6. The van der Waals surface area contributed by atoms with Gasteiger partial charge in [-0.2, -0.15) is 0 Å². The van der Waals surface area contributed by atoms with Gasteiger partial charge in [0.25, 0.3) is 5.91 Å². The summed E-state index contributed by atoms with van der Waals surface area (Å²) in [6.07, 6.45) is 2.27. The zero-order valence-electron chi connectivity index (χ0n) is 20.5. The Morgan fingerprint density at radius 2 is 1.75 bits per heavy atom. The SMILES string of the molecule is CNc1ccc(-c2nc3ccnc(C(=O)NCCc4c(C)noc4C)c3cc2-c2ccccc2)cc1. The molecular weight excluding hydrogens is 450 g/mol. The summed E-state index contributed by atoms with van der Waals surface area (Å²) < 4.78 is 5.22. The van der Waals surface area contributed by atoms with E-state index in [0.717, 1.165) is 45.1 Å². The van der Waals surface area contributed by atoms with Crippen molar-refractivity contribution in [3.63, 3.8) is 0 Å². The number of nitrogens with zero attached hydrogens (tertiary/aromatic N) is 3. The van der Waals surface area contributed by atoms with Gasteiger partial charge in [-0.15, -0.1) is 0 Å². The van der Waals surface area contributed by atoms with Crippen LogP contribution in [0.5, 0.6) is 0 Å². The van der Waals surface area contributed by atoms with Crippen LogP contribution in [-0.2, 0) is 6.42 Å². The molecule has 0 saturated heterocycles. The van der Waals surface area contributed by atoms with Crippen LogP contribution in [0, 0.1) is 13.8 Å². The van der Waals surface area contributed by atoms with Crippen LogP contribution in [0.4, 0.5) is 5.69 Å². The fourth-order valence-electron chi connectivity index (χ4n) is 4.37. The number of nitrogens with one attached hydrogen (secondary N) is 2. The third kappa shape index (κ3) is 4.55. The van der Waals surface area contributed by atoms with Gasteiger partial charge in [0.15, 0.2) is 0 Å². The van der Waals surface area contributed by atoms with Gasteiger partial charge in [0, 0.05) is 47.6 Å². The third-order valence-corrected chi connectivity index (χ3v) is 6.33. The van der Waals surface area contributed by atoms with Gasteiger partial charge in [-0.05, 0) is 50.1 Å². The predicted molar refractivity (Wildman–Crippen MR) is 142 cm³/mol. The van der Waals surface area contributed by atoms with Crippen molar-refractivity contribution in [1.82, 2.24) is 20.4 Å². The van der Waals surface area contributed by atoms with E-state index in [1.54, 1.807) is 6.20 Å². The van der Waals surface area contributed by atoms with Crippen molar-refractivity contribution >= 4 is 22.5 Å². The molecule has 0 saturated carbocycles. The minimum absolute atomic E-state index is 0.237. The summed E-state index contributed by atoms with van der Waals surface area (Å²) in [5.41, 5.74) is 7.78. The summed E-state index contributed by atoms with van der Waals surface area (Å²) >= 11 is 0. The van der Waals surface area contributed by atoms with Gasteiger partial charge in [0.2, 0.25) is 0 Å². The lowest BCUT2D eigenvalue weighted by Gasteiger charge is -2.14. The fourth-order valence-corrected chi connectivity index (χ4v) is 4.37. The smallest absolute Gasteiger partial charge is 0.270 e. The van der Waals surface area contributed by atoms with Crippen molar-refractivity contribution in [2.75, 3.05) is 18.9 Å². The first-order valence-electron chi connectivity index (χ1n) is 11.9. The summed E-state index contributed by atoms with van der Waals surface area (Å²) in [5.74, 6) is 0.538. The first-order valence-corrected chi connectivity index (χ1v) is 11.9. The molecule has 0 fully saturated rings. The number of rotatable bonds is 7. The van der Waals surface area contributed by atoms with Gasteiger partial charge >= 0.3 is 0 Å². The van der Waals surface area contributed by atoms with E-state index in [-0.39, 0.29) is 5.91 Å². The molecule has 0 radical (unpaired) electrons. The van der Waals surface area contributed by atoms with Gasteiger partial charge in [-0.3, -0.25) is 9.78 Å². The molecule has 5 rings (SSSR count). The van der Waals surface area contributed by atoms with Crippen molar-refractivity contribution in [2.24, 2.45) is 0 Å². The van der Waals surface area contributed by atoms with Crippen LogP contribution >= 0.6 is 0 Å². The Kier molecular flexibility index (Phi) is 6.45. The van der Waals surface area contributed by atoms with E-state index in [1.807, 2.05) is 75.5 Å². The molecule has 0 aliphatic carbocycles. The lowest BCUT2D eigenvalue weighted by molar-refractivity contribution is 0.0951. The van der Waals surface area contributed by atoms with E-state index in [9.17, 15) is 4.79 Å². The number of carbonyl (C=O) groups is 1. The molecule has 2 aromatic carbocycles. The second-order valence-electron chi connectivity index (χ2n) is 8.61. The highest BCUT2D eigenvalue weighted by Crippen LogP contribution is 2.34. The maximum absolute atomic E-state index is 13.2. The van der Waals surface area contributed by atoms with E-state index < -0.39 is 0 Å². The van der Waals surface area contributed by atoms with Crippen molar-refractivity contribution < 1.29 is 9.32 Å². The Balaban J connectivity index is 1.53. The summed E-state index contributed by atoms with van der Waals surface area (Å²) in [6.45, 7) is 4.24. The molecule has 0 aliphatic rings. The highest BCUT2D eigenvalue weighted by molar-refractivity contribution is 6.06. The normalized spacial score (nSPS) is 11.0. The van der Waals surface area contributed by atoms with E-state index in [1.165, 1.54) is 0 Å². The maximum Gasteiger partial charge on any atom is 0.270 e. The fraction of sp³-hybridized carbons (Fsp3) is 0.172. The number of hydrogen-bond acceptors (Lipinski definition) is 6. The molecule has 0 spiro atoms. The van der Waals surface area contributed by atoms with Crippen molar-refractivity contribution in [3.8, 4) is 22.4 Å². The van der Waals surface area contributed by atoms with Crippen LogP contribution in [0.25, 0.3) is 33.3 Å². The monoisotopic (exact) mass is 477 g/mol. The minimum atomic E-state index is -0.237. The number of aryl methyl sites for hydroxylation is 2. The van der Waals surface area contributed by atoms with Crippen LogP contribution < -0.4 is 10.6 Å². The molecule has 3 heterocycles. The van der Waals surface area contributed by atoms with Gasteiger partial charge < -0.3 is 15.2 Å². The molecule has 0 atom stereocenters. The lowest BCUT2D eigenvalue weighted by Crippen LogP contribution is -2.27. The van der Waals surface area contributed by atoms with Crippen molar-refractivity contribution in [1.29, 1.82) is 0 Å². The average Bonchev–Trinajstić information content (AvgIpc) is 3.24. The molecule has 0 unspecified atom stereocenters. The van der Waals surface area contributed by atoms with Gasteiger partial charge in [-0.1, -0.05) is 47.6 Å². The zero-order valence-corrected chi connectivity index (χ0v) is 20.5. The first-order chi connectivity index (χ1) is 17.5. The van der Waals surface area contributed by atoms with Crippen LogP contribution in [0.1, 0.15) is 27.5 Å². The number of carbonyl (C=O) groups excluding carboxylic acids is 1. The lowest BCUT2D eigenvalue weighted by atomic mass is 9.97.